The molecular formula is C11H15N5O3S. The third kappa shape index (κ3) is 2.13. The van der Waals surface area contributed by atoms with E-state index in [2.05, 4.69) is 4.98 Å². The van der Waals surface area contributed by atoms with Crippen LogP contribution < -0.4 is 17.0 Å². The number of amides is 1. The molecule has 0 aliphatic carbocycles. The minimum Gasteiger partial charge on any atom is -0.369 e. The van der Waals surface area contributed by atoms with Crippen molar-refractivity contribution < 1.29 is 4.79 Å². The fraction of sp³-hybridized carbons (Fsp3) is 0.455. The molecule has 9 heteroatoms. The number of imidazole rings is 1. The Morgan fingerprint density at radius 2 is 1.95 bits per heavy atom. The fourth-order valence-corrected chi connectivity index (χ4v) is 2.67. The van der Waals surface area contributed by atoms with Gasteiger partial charge in [0, 0.05) is 20.6 Å². The number of aryl methyl sites for hydroxylation is 2. The summed E-state index contributed by atoms with van der Waals surface area (Å²) in [4.78, 5) is 39.4. The second-order valence-corrected chi connectivity index (χ2v) is 5.21. The quantitative estimate of drug-likeness (QED) is 0.731. The molecule has 0 spiro atoms. The Balaban J connectivity index is 2.75. The van der Waals surface area contributed by atoms with E-state index in [1.807, 2.05) is 0 Å². The smallest absolute Gasteiger partial charge is 0.332 e. The molecule has 2 heterocycles. The lowest BCUT2D eigenvalue weighted by molar-refractivity contribution is -0.115. The average molecular weight is 297 g/mol. The molecule has 20 heavy (non-hydrogen) atoms. The van der Waals surface area contributed by atoms with Gasteiger partial charge in [-0.2, -0.15) is 0 Å². The zero-order chi connectivity index (χ0) is 15.0. The van der Waals surface area contributed by atoms with Gasteiger partial charge in [0.15, 0.2) is 16.3 Å². The highest BCUT2D eigenvalue weighted by Crippen LogP contribution is 2.19. The summed E-state index contributed by atoms with van der Waals surface area (Å²) in [6.07, 6.45) is 0. The van der Waals surface area contributed by atoms with Gasteiger partial charge < -0.3 is 10.3 Å². The highest BCUT2D eigenvalue weighted by Gasteiger charge is 2.18. The van der Waals surface area contributed by atoms with Crippen LogP contribution in [-0.4, -0.2) is 30.3 Å². The molecule has 2 aromatic heterocycles. The molecule has 2 aromatic rings. The average Bonchev–Trinajstić information content (AvgIpc) is 2.72. The molecule has 0 radical (unpaired) electrons. The monoisotopic (exact) mass is 297 g/mol. The number of hydrogen-bond donors (Lipinski definition) is 1. The Labute approximate surface area is 118 Å². The summed E-state index contributed by atoms with van der Waals surface area (Å²) in [5.74, 6) is -0.408. The van der Waals surface area contributed by atoms with E-state index in [0.29, 0.717) is 16.3 Å². The molecule has 0 fully saturated rings. The van der Waals surface area contributed by atoms with Crippen LogP contribution in [0.2, 0.25) is 0 Å². The van der Waals surface area contributed by atoms with Crippen LogP contribution >= 0.6 is 11.8 Å². The first-order chi connectivity index (χ1) is 9.38. The van der Waals surface area contributed by atoms with Gasteiger partial charge in [-0.15, -0.1) is 0 Å². The lowest BCUT2D eigenvalue weighted by Crippen LogP contribution is -2.39. The Morgan fingerprint density at radius 3 is 2.50 bits per heavy atom. The summed E-state index contributed by atoms with van der Waals surface area (Å²) in [5.41, 5.74) is 4.94. The van der Waals surface area contributed by atoms with Crippen molar-refractivity contribution in [1.29, 1.82) is 0 Å². The maximum absolute atomic E-state index is 12.3. The van der Waals surface area contributed by atoms with Gasteiger partial charge in [0.05, 0.1) is 5.75 Å². The summed E-state index contributed by atoms with van der Waals surface area (Å²) in [5, 5.41) is 0.472. The third-order valence-electron chi connectivity index (χ3n) is 2.98. The van der Waals surface area contributed by atoms with Gasteiger partial charge in [-0.1, -0.05) is 11.8 Å². The Kier molecular flexibility index (Phi) is 3.71. The van der Waals surface area contributed by atoms with E-state index in [1.54, 1.807) is 25.6 Å². The van der Waals surface area contributed by atoms with Gasteiger partial charge >= 0.3 is 5.69 Å². The van der Waals surface area contributed by atoms with Gasteiger partial charge in [0.1, 0.15) is 0 Å². The van der Waals surface area contributed by atoms with E-state index in [9.17, 15) is 14.4 Å². The Hall–Kier alpha value is -2.03. The molecule has 0 atom stereocenters. The van der Waals surface area contributed by atoms with E-state index in [1.165, 1.54) is 4.57 Å². The number of carbonyl (C=O) groups is 1. The molecule has 0 saturated heterocycles. The number of thioether (sulfide) groups is 1. The van der Waals surface area contributed by atoms with Gasteiger partial charge in [0.25, 0.3) is 5.56 Å². The van der Waals surface area contributed by atoms with E-state index >= 15 is 0 Å². The van der Waals surface area contributed by atoms with Crippen molar-refractivity contribution in [2.24, 2.45) is 19.8 Å². The topological polar surface area (TPSA) is 105 Å². The number of aromatic nitrogens is 4. The molecule has 0 aliphatic rings. The first kappa shape index (κ1) is 14.4. The summed E-state index contributed by atoms with van der Waals surface area (Å²) in [6.45, 7) is 2.02. The predicted octanol–water partition coefficient (Wildman–Crippen LogP) is -0.969. The Bertz CT molecular complexity index is 801. The first-order valence-corrected chi connectivity index (χ1v) is 6.94. The minimum absolute atomic E-state index is 0.0626. The normalized spacial score (nSPS) is 11.2. The zero-order valence-corrected chi connectivity index (χ0v) is 12.2. The number of carbonyl (C=O) groups excluding carboxylic acids is 1. The number of nitrogens with two attached hydrogens (primary N) is 1. The molecule has 2 N–H and O–H groups in total. The molecule has 0 bridgehead atoms. The van der Waals surface area contributed by atoms with Crippen molar-refractivity contribution >= 4 is 28.8 Å². The highest BCUT2D eigenvalue weighted by molar-refractivity contribution is 7.99. The largest absolute Gasteiger partial charge is 0.369 e. The molecule has 1 amide bonds. The van der Waals surface area contributed by atoms with Crippen LogP contribution in [0.15, 0.2) is 14.7 Å². The van der Waals surface area contributed by atoms with Crippen LogP contribution in [0.3, 0.4) is 0 Å². The Morgan fingerprint density at radius 1 is 1.30 bits per heavy atom. The molecule has 8 nitrogen and oxygen atoms in total. The molecule has 108 valence electrons. The molecule has 0 saturated carbocycles. The van der Waals surface area contributed by atoms with E-state index < -0.39 is 11.6 Å². The SMILES string of the molecule is CCn1c(=O)c2c(nc(SCC(N)=O)n2C)n(C)c1=O. The molecule has 0 aliphatic heterocycles. The van der Waals surface area contributed by atoms with Gasteiger partial charge in [-0.3, -0.25) is 18.7 Å². The van der Waals surface area contributed by atoms with Crippen LogP contribution in [0.1, 0.15) is 6.92 Å². The van der Waals surface area contributed by atoms with Crippen molar-refractivity contribution in [3.8, 4) is 0 Å². The van der Waals surface area contributed by atoms with Crippen LogP contribution in [0, 0.1) is 0 Å². The van der Waals surface area contributed by atoms with Crippen LogP contribution in [-0.2, 0) is 25.4 Å². The van der Waals surface area contributed by atoms with Crippen molar-refractivity contribution in [2.45, 2.75) is 18.6 Å². The number of rotatable bonds is 4. The van der Waals surface area contributed by atoms with Gasteiger partial charge in [-0.25, -0.2) is 9.78 Å². The van der Waals surface area contributed by atoms with E-state index in [4.69, 9.17) is 5.73 Å². The second-order valence-electron chi connectivity index (χ2n) is 4.27. The number of primary amides is 1. The number of nitrogens with zero attached hydrogens (tertiary/aromatic N) is 4. The number of hydrogen-bond acceptors (Lipinski definition) is 5. The van der Waals surface area contributed by atoms with Crippen molar-refractivity contribution in [2.75, 3.05) is 5.75 Å². The van der Waals surface area contributed by atoms with Crippen LogP contribution in [0.5, 0.6) is 0 Å². The summed E-state index contributed by atoms with van der Waals surface area (Å²) in [6, 6.07) is 0. The third-order valence-corrected chi connectivity index (χ3v) is 4.03. The molecule has 0 aromatic carbocycles. The number of fused-ring (bicyclic) bond motifs is 1. The summed E-state index contributed by atoms with van der Waals surface area (Å²) >= 11 is 1.13. The van der Waals surface area contributed by atoms with Gasteiger partial charge in [0.2, 0.25) is 5.91 Å². The van der Waals surface area contributed by atoms with Gasteiger partial charge in [-0.05, 0) is 6.92 Å². The fourth-order valence-electron chi connectivity index (χ4n) is 1.97. The highest BCUT2D eigenvalue weighted by atomic mass is 32.2. The lowest BCUT2D eigenvalue weighted by Gasteiger charge is -2.05. The maximum atomic E-state index is 12.3. The molecular weight excluding hydrogens is 282 g/mol. The standard InChI is InChI=1S/C11H15N5O3S/c1-4-16-9(18)7-8(15(3)11(16)19)13-10(14(7)2)20-5-6(12)17/h4-5H2,1-3H3,(H2,12,17). The van der Waals surface area contributed by atoms with Crippen molar-refractivity contribution in [3.63, 3.8) is 0 Å². The van der Waals surface area contributed by atoms with E-state index in [0.717, 1.165) is 16.3 Å². The minimum atomic E-state index is -0.470. The van der Waals surface area contributed by atoms with E-state index in [-0.39, 0.29) is 17.9 Å². The molecule has 2 rings (SSSR count). The predicted molar refractivity (Wildman–Crippen MR) is 75.8 cm³/mol. The van der Waals surface area contributed by atoms with Crippen molar-refractivity contribution in [3.05, 3.63) is 20.8 Å². The van der Waals surface area contributed by atoms with Crippen molar-refractivity contribution in [1.82, 2.24) is 18.7 Å². The molecule has 0 unspecified atom stereocenters. The summed E-state index contributed by atoms with van der Waals surface area (Å²) < 4.78 is 4.05. The lowest BCUT2D eigenvalue weighted by atomic mass is 10.5. The zero-order valence-electron chi connectivity index (χ0n) is 11.4. The first-order valence-electron chi connectivity index (χ1n) is 5.95. The summed E-state index contributed by atoms with van der Waals surface area (Å²) in [7, 11) is 3.23. The van der Waals surface area contributed by atoms with Crippen LogP contribution in [0.25, 0.3) is 11.2 Å². The maximum Gasteiger partial charge on any atom is 0.332 e. The van der Waals surface area contributed by atoms with Crippen LogP contribution in [0.4, 0.5) is 0 Å². The second kappa shape index (κ2) is 5.16.